The SMILES string of the molecule is O=C(NC12CC(n3cc([C@H]4CC4COC(F)(F)F)cn3)(C1)C2)[C@@H]1C[C@@H](O)c2cc(Cl)ccc2O1. The zero-order valence-corrected chi connectivity index (χ0v) is 18.8. The lowest BCUT2D eigenvalue weighted by atomic mass is 9.44. The minimum atomic E-state index is -4.60. The number of carbonyl (C=O) groups excluding carboxylic acids is 1. The number of hydrogen-bond donors (Lipinski definition) is 2. The molecular formula is C23H23ClF3N3O4. The average molecular weight is 498 g/mol. The summed E-state index contributed by atoms with van der Waals surface area (Å²) in [5.41, 5.74) is 1.05. The fourth-order valence-electron chi connectivity index (χ4n) is 5.86. The number of nitrogens with one attached hydrogen (secondary N) is 1. The Kier molecular flexibility index (Phi) is 4.80. The molecule has 2 aromatic rings. The van der Waals surface area contributed by atoms with E-state index in [0.29, 0.717) is 22.8 Å². The number of ether oxygens (including phenoxy) is 2. The van der Waals surface area contributed by atoms with E-state index in [1.54, 1.807) is 24.4 Å². The lowest BCUT2D eigenvalue weighted by Gasteiger charge is -2.70. The first kappa shape index (κ1) is 22.2. The van der Waals surface area contributed by atoms with Crippen molar-refractivity contribution in [2.45, 2.75) is 67.7 Å². The van der Waals surface area contributed by atoms with Crippen molar-refractivity contribution < 1.29 is 32.5 Å². The predicted octanol–water partition coefficient (Wildman–Crippen LogP) is 3.81. The first-order chi connectivity index (χ1) is 16.0. The summed E-state index contributed by atoms with van der Waals surface area (Å²) in [5.74, 6) is 0.120. The second kappa shape index (κ2) is 7.35. The smallest absolute Gasteiger partial charge is 0.480 e. The standard InChI is InChI=1S/C23H23ClF3N3O4/c24-14-1-2-18-16(4-14)17(31)5-19(34-18)20(32)29-21-9-22(10-21,11-21)30-7-13(6-28-30)15-3-12(15)8-33-23(25,26)27/h1-2,4,6-7,12,15,17,19,31H,3,5,8-11H2,(H,29,32)/t12?,15-,17+,19-,21?,22?/m0/s1. The molecule has 11 heteroatoms. The van der Waals surface area contributed by atoms with Crippen LogP contribution in [0.15, 0.2) is 30.6 Å². The van der Waals surface area contributed by atoms with Crippen molar-refractivity contribution in [3.63, 3.8) is 0 Å². The van der Waals surface area contributed by atoms with E-state index in [9.17, 15) is 23.1 Å². The molecule has 1 aliphatic heterocycles. The highest BCUT2D eigenvalue weighted by molar-refractivity contribution is 6.30. The summed E-state index contributed by atoms with van der Waals surface area (Å²) in [6.45, 7) is -0.324. The Balaban J connectivity index is 1.03. The maximum absolute atomic E-state index is 12.9. The van der Waals surface area contributed by atoms with Crippen LogP contribution in [0, 0.1) is 5.92 Å². The number of rotatable bonds is 6. The number of fused-ring (bicyclic) bond motifs is 1. The minimum absolute atomic E-state index is 0.0461. The van der Waals surface area contributed by atoms with Gasteiger partial charge in [-0.3, -0.25) is 14.2 Å². The third-order valence-electron chi connectivity index (χ3n) is 7.62. The molecule has 0 spiro atoms. The van der Waals surface area contributed by atoms with E-state index in [0.717, 1.165) is 24.8 Å². The van der Waals surface area contributed by atoms with Gasteiger partial charge in [-0.25, -0.2) is 0 Å². The summed E-state index contributed by atoms with van der Waals surface area (Å²) in [5, 5.41) is 18.5. The van der Waals surface area contributed by atoms with E-state index >= 15 is 0 Å². The van der Waals surface area contributed by atoms with Gasteiger partial charge in [-0.2, -0.15) is 5.10 Å². The third kappa shape index (κ3) is 3.76. The highest BCUT2D eigenvalue weighted by Gasteiger charge is 2.70. The molecule has 7 rings (SSSR count). The molecule has 2 bridgehead atoms. The van der Waals surface area contributed by atoms with Gasteiger partial charge in [0, 0.05) is 28.7 Å². The van der Waals surface area contributed by atoms with E-state index in [1.165, 1.54) is 0 Å². The van der Waals surface area contributed by atoms with Crippen LogP contribution in [0.5, 0.6) is 5.75 Å². The lowest BCUT2D eigenvalue weighted by molar-refractivity contribution is -0.326. The summed E-state index contributed by atoms with van der Waals surface area (Å²) in [6.07, 6.45) is 0.472. The van der Waals surface area contributed by atoms with Gasteiger partial charge < -0.3 is 15.2 Å². The van der Waals surface area contributed by atoms with Crippen molar-refractivity contribution in [2.75, 3.05) is 6.61 Å². The number of aromatic nitrogens is 2. The first-order valence-corrected chi connectivity index (χ1v) is 11.6. The number of halogens is 4. The lowest BCUT2D eigenvalue weighted by Crippen LogP contribution is -2.79. The molecular weight excluding hydrogens is 475 g/mol. The maximum Gasteiger partial charge on any atom is 0.522 e. The van der Waals surface area contributed by atoms with Crippen molar-refractivity contribution >= 4 is 17.5 Å². The van der Waals surface area contributed by atoms with Gasteiger partial charge >= 0.3 is 6.36 Å². The molecule has 1 amide bonds. The molecule has 4 aliphatic carbocycles. The topological polar surface area (TPSA) is 85.6 Å². The van der Waals surface area contributed by atoms with Crippen LogP contribution >= 0.6 is 11.6 Å². The van der Waals surface area contributed by atoms with Gasteiger partial charge in [0.15, 0.2) is 6.10 Å². The normalized spacial score (nSPS) is 35.4. The van der Waals surface area contributed by atoms with Crippen LogP contribution in [0.2, 0.25) is 5.02 Å². The van der Waals surface area contributed by atoms with Gasteiger partial charge in [0.25, 0.3) is 5.91 Å². The molecule has 182 valence electrons. The van der Waals surface area contributed by atoms with E-state index < -0.39 is 18.6 Å². The molecule has 2 heterocycles. The number of amides is 1. The van der Waals surface area contributed by atoms with Crippen LogP contribution in [0.3, 0.4) is 0 Å². The van der Waals surface area contributed by atoms with E-state index in [4.69, 9.17) is 16.3 Å². The second-order valence-corrected chi connectivity index (χ2v) is 10.6. The second-order valence-electron chi connectivity index (χ2n) is 10.1. The van der Waals surface area contributed by atoms with Gasteiger partial charge in [0.1, 0.15) is 5.75 Å². The molecule has 7 nitrogen and oxygen atoms in total. The summed E-state index contributed by atoms with van der Waals surface area (Å²) < 4.78 is 48.4. The van der Waals surface area contributed by atoms with Gasteiger partial charge in [-0.05, 0) is 61.3 Å². The maximum atomic E-state index is 12.9. The minimum Gasteiger partial charge on any atom is -0.480 e. The van der Waals surface area contributed by atoms with Crippen molar-refractivity contribution in [3.05, 3.63) is 46.7 Å². The van der Waals surface area contributed by atoms with Crippen molar-refractivity contribution in [3.8, 4) is 5.75 Å². The van der Waals surface area contributed by atoms with Gasteiger partial charge in [-0.1, -0.05) is 11.6 Å². The number of nitrogens with zero attached hydrogens (tertiary/aromatic N) is 2. The fourth-order valence-corrected chi connectivity index (χ4v) is 6.04. The highest BCUT2D eigenvalue weighted by atomic mass is 35.5. The van der Waals surface area contributed by atoms with Crippen molar-refractivity contribution in [1.29, 1.82) is 0 Å². The first-order valence-electron chi connectivity index (χ1n) is 11.3. The van der Waals surface area contributed by atoms with Crippen LogP contribution in [0.4, 0.5) is 13.2 Å². The molecule has 1 aromatic heterocycles. The zero-order valence-electron chi connectivity index (χ0n) is 18.0. The van der Waals surface area contributed by atoms with Gasteiger partial charge in [-0.15, -0.1) is 13.2 Å². The molecule has 0 radical (unpaired) electrons. The van der Waals surface area contributed by atoms with Gasteiger partial charge in [0.05, 0.1) is 24.4 Å². The Labute approximate surface area is 198 Å². The van der Waals surface area contributed by atoms with Crippen molar-refractivity contribution in [1.82, 2.24) is 15.1 Å². The Morgan fingerprint density at radius 2 is 2.09 bits per heavy atom. The van der Waals surface area contributed by atoms with Crippen LogP contribution in [-0.2, 0) is 15.1 Å². The quantitative estimate of drug-likeness (QED) is 0.634. The number of aliphatic hydroxyl groups excluding tert-OH is 1. The van der Waals surface area contributed by atoms with Crippen LogP contribution in [0.1, 0.15) is 55.3 Å². The number of alkyl halides is 3. The van der Waals surface area contributed by atoms with E-state index in [2.05, 4.69) is 15.2 Å². The fraction of sp³-hybridized carbons (Fsp3) is 0.565. The largest absolute Gasteiger partial charge is 0.522 e. The predicted molar refractivity (Wildman–Crippen MR) is 113 cm³/mol. The molecule has 4 fully saturated rings. The average Bonchev–Trinajstić information content (AvgIpc) is 3.34. The number of benzene rings is 1. The summed E-state index contributed by atoms with van der Waals surface area (Å²) in [7, 11) is 0. The Hall–Kier alpha value is -2.30. The van der Waals surface area contributed by atoms with E-state index in [-0.39, 0.29) is 41.8 Å². The third-order valence-corrected chi connectivity index (χ3v) is 7.86. The summed E-state index contributed by atoms with van der Waals surface area (Å²) in [6, 6.07) is 4.96. The Bertz CT molecular complexity index is 1130. The van der Waals surface area contributed by atoms with Crippen LogP contribution in [-0.4, -0.2) is 45.4 Å². The molecule has 5 aliphatic rings. The Morgan fingerprint density at radius 3 is 2.82 bits per heavy atom. The summed E-state index contributed by atoms with van der Waals surface area (Å²) >= 11 is 5.98. The molecule has 1 unspecified atom stereocenters. The summed E-state index contributed by atoms with van der Waals surface area (Å²) in [4.78, 5) is 12.9. The monoisotopic (exact) mass is 497 g/mol. The zero-order chi connectivity index (χ0) is 23.9. The van der Waals surface area contributed by atoms with Gasteiger partial charge in [0.2, 0.25) is 0 Å². The highest BCUT2D eigenvalue weighted by Crippen LogP contribution is 2.65. The molecule has 1 aromatic carbocycles. The number of hydrogen-bond acceptors (Lipinski definition) is 5. The van der Waals surface area contributed by atoms with E-state index in [1.807, 2.05) is 10.9 Å². The van der Waals surface area contributed by atoms with Crippen LogP contribution in [0.25, 0.3) is 0 Å². The molecule has 4 atom stereocenters. The molecule has 34 heavy (non-hydrogen) atoms. The number of aliphatic hydroxyl groups is 1. The van der Waals surface area contributed by atoms with Crippen LogP contribution < -0.4 is 10.1 Å². The number of carbonyl (C=O) groups is 1. The molecule has 4 saturated carbocycles. The van der Waals surface area contributed by atoms with Crippen molar-refractivity contribution in [2.24, 2.45) is 5.92 Å². The molecule has 2 N–H and O–H groups in total. The Morgan fingerprint density at radius 1 is 1.32 bits per heavy atom. The molecule has 0 saturated heterocycles.